The number of carboxylic acids is 1. The molecule has 0 saturated carbocycles. The van der Waals surface area contributed by atoms with Gasteiger partial charge in [0, 0.05) is 42.5 Å². The number of carboxylic acid groups (broad SMARTS) is 1. The van der Waals surface area contributed by atoms with Crippen molar-refractivity contribution < 1.29 is 43.4 Å². The van der Waals surface area contributed by atoms with Crippen molar-refractivity contribution in [3.8, 4) is 0 Å². The zero-order valence-electron chi connectivity index (χ0n) is 29.2. The van der Waals surface area contributed by atoms with E-state index in [2.05, 4.69) is 46.0 Å². The van der Waals surface area contributed by atoms with Crippen LogP contribution >= 0.6 is 35.1 Å². The number of ether oxygens (including phenoxy) is 2. The van der Waals surface area contributed by atoms with Crippen molar-refractivity contribution in [2.45, 2.75) is 82.3 Å². The molecule has 2 aromatic rings. The number of β-lactam (4-membered cyclic amide) rings is 1. The average molecular weight is 785 g/mol. The number of hydrogen-bond donors (Lipinski definition) is 5. The molecule has 4 rings (SSSR count). The van der Waals surface area contributed by atoms with Crippen LogP contribution in [0.25, 0.3) is 0 Å². The molecule has 0 aromatic carbocycles. The zero-order chi connectivity index (χ0) is 38.2. The maximum Gasteiger partial charge on any atom is 0.407 e. The molecule has 2 atom stereocenters. The zero-order valence-corrected chi connectivity index (χ0v) is 31.6. The van der Waals surface area contributed by atoms with E-state index in [1.54, 1.807) is 41.5 Å². The highest BCUT2D eigenvalue weighted by Gasteiger charge is 2.54. The number of rotatable bonds is 15. The molecule has 52 heavy (non-hydrogen) atoms. The monoisotopic (exact) mass is 784 g/mol. The van der Waals surface area contributed by atoms with Crippen LogP contribution in [0.4, 0.5) is 14.7 Å². The quantitative estimate of drug-likeness (QED) is 0.0549. The average Bonchev–Trinajstić information content (AvgIpc) is 3.68. The summed E-state index contributed by atoms with van der Waals surface area (Å²) in [4.78, 5) is 73.3. The topological polar surface area (TPSA) is 280 Å². The highest BCUT2D eigenvalue weighted by Crippen LogP contribution is 2.41. The molecule has 0 aliphatic carbocycles. The Morgan fingerprint density at radius 3 is 2.37 bits per heavy atom. The number of fused-ring (bicyclic) bond motifs is 1. The third kappa shape index (κ3) is 11.1. The number of carbonyl (C=O) groups excluding carboxylic acids is 4. The van der Waals surface area contributed by atoms with Crippen LogP contribution in [0.5, 0.6) is 0 Å². The highest BCUT2D eigenvalue weighted by molar-refractivity contribution is 8.01. The number of aromatic nitrogens is 6. The molecule has 2 aliphatic heterocycles. The summed E-state index contributed by atoms with van der Waals surface area (Å²) in [5, 5.41) is 33.1. The minimum Gasteiger partial charge on any atom is -0.477 e. The Bertz CT molecular complexity index is 1720. The number of carbonyl (C=O) groups is 5. The van der Waals surface area contributed by atoms with Gasteiger partial charge in [-0.2, -0.15) is 9.36 Å². The first-order chi connectivity index (χ1) is 24.4. The van der Waals surface area contributed by atoms with E-state index in [0.29, 0.717) is 17.2 Å². The van der Waals surface area contributed by atoms with E-state index in [1.807, 2.05) is 0 Å². The predicted octanol–water partition coefficient (Wildman–Crippen LogP) is 0.798. The second kappa shape index (κ2) is 17.2. The number of nitrogens with zero attached hydrogens (tertiary/aromatic N) is 8. The predicted molar refractivity (Wildman–Crippen MR) is 188 cm³/mol. The summed E-state index contributed by atoms with van der Waals surface area (Å²) < 4.78 is 15.9. The van der Waals surface area contributed by atoms with Gasteiger partial charge in [-0.3, -0.25) is 14.5 Å². The van der Waals surface area contributed by atoms with Gasteiger partial charge < -0.3 is 41.1 Å². The minimum absolute atomic E-state index is 0.00368. The molecule has 1 fully saturated rings. The fourth-order valence-corrected chi connectivity index (χ4v) is 7.26. The Morgan fingerprint density at radius 1 is 1.08 bits per heavy atom. The Balaban J connectivity index is 1.35. The summed E-state index contributed by atoms with van der Waals surface area (Å²) in [6.45, 7) is 11.1. The molecule has 0 spiro atoms. The van der Waals surface area contributed by atoms with Gasteiger partial charge in [-0.1, -0.05) is 16.9 Å². The molecule has 4 heterocycles. The molecule has 0 radical (unpaired) electrons. The van der Waals surface area contributed by atoms with Crippen LogP contribution < -0.4 is 21.7 Å². The summed E-state index contributed by atoms with van der Waals surface area (Å²) in [6.07, 6.45) is -0.853. The third-order valence-electron chi connectivity index (χ3n) is 6.51. The van der Waals surface area contributed by atoms with Crippen molar-refractivity contribution in [1.29, 1.82) is 0 Å². The number of anilines is 1. The summed E-state index contributed by atoms with van der Waals surface area (Å²) >= 11 is 3.27. The molecule has 2 aliphatic rings. The molecule has 0 bridgehead atoms. The largest absolute Gasteiger partial charge is 0.477 e. The molecule has 6 N–H and O–H groups in total. The second-order valence-corrected chi connectivity index (χ2v) is 15.9. The van der Waals surface area contributed by atoms with E-state index in [4.69, 9.17) is 20.0 Å². The van der Waals surface area contributed by atoms with Gasteiger partial charge in [-0.15, -0.1) is 16.9 Å². The van der Waals surface area contributed by atoms with Crippen molar-refractivity contribution in [3.05, 3.63) is 17.1 Å². The van der Waals surface area contributed by atoms with Gasteiger partial charge in [0.1, 0.15) is 34.9 Å². The standard InChI is InChI=1S/C28H40N12O9S3/c1-27(2,3)48-25(45)30-8-7-11-47-35-15(18-33-23(29)52-36-18)19(41)32-16-20(42)40-17(22(43)44)14(12-50-21(16)40)13-51-24-34-37-38-39(24)10-9-31-26(46)49-28(4,5)6/h16,21H,7-13H2,1-6H3,(H,30,45)(H,31,46)(H,32,41)(H,43,44)(H2,29,33,36)/b35-15+/t16?,21-/m1/s1. The number of nitrogens with two attached hydrogens (primary N) is 1. The van der Waals surface area contributed by atoms with Crippen LogP contribution in [0.2, 0.25) is 0 Å². The number of hydrogen-bond acceptors (Lipinski definition) is 18. The summed E-state index contributed by atoms with van der Waals surface area (Å²) in [5.74, 6) is -2.51. The molecule has 4 amide bonds. The van der Waals surface area contributed by atoms with Gasteiger partial charge in [0.05, 0.1) is 6.54 Å². The molecule has 1 unspecified atom stereocenters. The van der Waals surface area contributed by atoms with Crippen LogP contribution in [-0.4, -0.2) is 129 Å². The van der Waals surface area contributed by atoms with E-state index in [0.717, 1.165) is 16.4 Å². The van der Waals surface area contributed by atoms with Crippen molar-refractivity contribution in [3.63, 3.8) is 0 Å². The molecular formula is C28H40N12O9S3. The lowest BCUT2D eigenvalue weighted by atomic mass is 10.0. The van der Waals surface area contributed by atoms with Gasteiger partial charge in [-0.25, -0.2) is 19.1 Å². The first-order valence-electron chi connectivity index (χ1n) is 15.8. The van der Waals surface area contributed by atoms with Crippen molar-refractivity contribution in [2.24, 2.45) is 5.16 Å². The fourth-order valence-electron chi connectivity index (χ4n) is 4.44. The Hall–Kier alpha value is -4.71. The van der Waals surface area contributed by atoms with Gasteiger partial charge in [0.25, 0.3) is 11.8 Å². The third-order valence-corrected chi connectivity index (χ3v) is 9.43. The molecule has 21 nitrogen and oxygen atoms in total. The SMILES string of the molecule is CC(C)(C)OC(=O)NCCCO/N=C(/C(=O)NC1C(=O)N2C(C(=O)O)=C(CSc3nnnn3CCNC(=O)OC(C)(C)C)CS[C@H]12)c1nsc(N)n1. The Kier molecular flexibility index (Phi) is 13.3. The van der Waals surface area contributed by atoms with E-state index < -0.39 is 52.6 Å². The number of tetrazole rings is 1. The second-order valence-electron chi connectivity index (χ2n) is 13.0. The first-order valence-corrected chi connectivity index (χ1v) is 18.6. The lowest BCUT2D eigenvalue weighted by molar-refractivity contribution is -0.150. The minimum atomic E-state index is -1.31. The molecule has 1 saturated heterocycles. The van der Waals surface area contributed by atoms with Gasteiger partial charge in [-0.05, 0) is 57.5 Å². The smallest absolute Gasteiger partial charge is 0.407 e. The Labute approximate surface area is 310 Å². The summed E-state index contributed by atoms with van der Waals surface area (Å²) in [6, 6.07) is -1.08. The lowest BCUT2D eigenvalue weighted by Crippen LogP contribution is -2.71. The van der Waals surface area contributed by atoms with Crippen molar-refractivity contribution in [1.82, 2.24) is 50.4 Å². The van der Waals surface area contributed by atoms with Crippen LogP contribution in [0.15, 0.2) is 21.6 Å². The van der Waals surface area contributed by atoms with Crippen LogP contribution in [0.3, 0.4) is 0 Å². The van der Waals surface area contributed by atoms with E-state index in [9.17, 15) is 29.1 Å². The van der Waals surface area contributed by atoms with E-state index in [-0.39, 0.29) is 60.1 Å². The number of nitrogen functional groups attached to an aromatic ring is 1. The van der Waals surface area contributed by atoms with Crippen LogP contribution in [-0.2, 0) is 35.2 Å². The molecule has 284 valence electrons. The van der Waals surface area contributed by atoms with E-state index >= 15 is 0 Å². The van der Waals surface area contributed by atoms with E-state index in [1.165, 1.54) is 28.2 Å². The maximum absolute atomic E-state index is 13.4. The number of nitrogens with one attached hydrogen (secondary N) is 3. The fraction of sp³-hybridized carbons (Fsp3) is 0.607. The number of thioether (sulfide) groups is 2. The normalized spacial score (nSPS) is 17.5. The van der Waals surface area contributed by atoms with Crippen molar-refractivity contribution >= 4 is 75.9 Å². The van der Waals surface area contributed by atoms with Gasteiger partial charge >= 0.3 is 18.2 Å². The first kappa shape index (κ1) is 40.1. The molecular weight excluding hydrogens is 745 g/mol. The van der Waals surface area contributed by atoms with Gasteiger partial charge in [0.2, 0.25) is 16.7 Å². The van der Waals surface area contributed by atoms with Crippen LogP contribution in [0.1, 0.15) is 53.8 Å². The number of oxime groups is 1. The number of aliphatic carboxylic acids is 1. The number of amides is 4. The summed E-state index contributed by atoms with van der Waals surface area (Å²) in [7, 11) is 0. The lowest BCUT2D eigenvalue weighted by Gasteiger charge is -2.49. The highest BCUT2D eigenvalue weighted by atomic mass is 32.2. The summed E-state index contributed by atoms with van der Waals surface area (Å²) in [5.41, 5.74) is 4.33. The number of alkyl carbamates (subject to hydrolysis) is 2. The molecule has 24 heteroatoms. The molecule has 2 aromatic heterocycles. The van der Waals surface area contributed by atoms with Gasteiger partial charge in [0.15, 0.2) is 5.13 Å². The maximum atomic E-state index is 13.4. The Morgan fingerprint density at radius 2 is 1.75 bits per heavy atom. The van der Waals surface area contributed by atoms with Crippen LogP contribution in [0, 0.1) is 0 Å². The van der Waals surface area contributed by atoms with Crippen molar-refractivity contribution in [2.75, 3.05) is 36.9 Å².